The van der Waals surface area contributed by atoms with E-state index in [9.17, 15) is 0 Å². The number of hydrogen-bond donors (Lipinski definition) is 1. The van der Waals surface area contributed by atoms with Crippen molar-refractivity contribution in [3.63, 3.8) is 0 Å². The van der Waals surface area contributed by atoms with E-state index in [2.05, 4.69) is 32.9 Å². The SMILES string of the molecule is CNCc1ccncc1Oc1cccc(I)c1. The molecule has 0 aliphatic heterocycles. The fourth-order valence-electron chi connectivity index (χ4n) is 1.49. The molecule has 1 N–H and O–H groups in total. The van der Waals surface area contributed by atoms with Crippen molar-refractivity contribution in [3.8, 4) is 11.5 Å². The van der Waals surface area contributed by atoms with Crippen LogP contribution in [0.25, 0.3) is 0 Å². The quantitative estimate of drug-likeness (QED) is 0.868. The van der Waals surface area contributed by atoms with Gasteiger partial charge in [0.05, 0.1) is 6.20 Å². The molecule has 0 saturated heterocycles. The minimum Gasteiger partial charge on any atom is -0.455 e. The topological polar surface area (TPSA) is 34.2 Å². The van der Waals surface area contributed by atoms with E-state index in [1.807, 2.05) is 37.4 Å². The van der Waals surface area contributed by atoms with Gasteiger partial charge in [-0.3, -0.25) is 4.98 Å². The van der Waals surface area contributed by atoms with E-state index in [1.54, 1.807) is 12.4 Å². The molecule has 2 rings (SSSR count). The predicted octanol–water partition coefficient (Wildman–Crippen LogP) is 3.20. The molecule has 88 valence electrons. The lowest BCUT2D eigenvalue weighted by Gasteiger charge is -2.10. The van der Waals surface area contributed by atoms with Gasteiger partial charge in [0.1, 0.15) is 11.5 Å². The Hall–Kier alpha value is -1.14. The van der Waals surface area contributed by atoms with Gasteiger partial charge in [-0.15, -0.1) is 0 Å². The fraction of sp³-hybridized carbons (Fsp3) is 0.154. The molecule has 0 amide bonds. The van der Waals surface area contributed by atoms with Crippen LogP contribution in [-0.4, -0.2) is 12.0 Å². The first kappa shape index (κ1) is 12.3. The van der Waals surface area contributed by atoms with E-state index < -0.39 is 0 Å². The minimum absolute atomic E-state index is 0.766. The zero-order chi connectivity index (χ0) is 12.1. The Bertz CT molecular complexity index is 502. The van der Waals surface area contributed by atoms with Gasteiger partial charge in [-0.05, 0) is 53.9 Å². The summed E-state index contributed by atoms with van der Waals surface area (Å²) in [4.78, 5) is 4.09. The first-order chi connectivity index (χ1) is 8.29. The van der Waals surface area contributed by atoms with E-state index in [1.165, 1.54) is 0 Å². The maximum atomic E-state index is 5.84. The number of rotatable bonds is 4. The average molecular weight is 340 g/mol. The summed E-state index contributed by atoms with van der Waals surface area (Å²) in [5, 5.41) is 3.11. The number of nitrogens with zero attached hydrogens (tertiary/aromatic N) is 1. The number of pyridine rings is 1. The van der Waals surface area contributed by atoms with Crippen molar-refractivity contribution in [3.05, 3.63) is 51.9 Å². The maximum Gasteiger partial charge on any atom is 0.150 e. The standard InChI is InChI=1S/C13H13IN2O/c1-15-8-10-5-6-16-9-13(10)17-12-4-2-3-11(14)7-12/h2-7,9,15H,8H2,1H3. The molecular weight excluding hydrogens is 327 g/mol. The molecule has 1 heterocycles. The van der Waals surface area contributed by atoms with Crippen LogP contribution in [0.1, 0.15) is 5.56 Å². The van der Waals surface area contributed by atoms with Crippen molar-refractivity contribution < 1.29 is 4.74 Å². The van der Waals surface area contributed by atoms with Crippen LogP contribution in [0.3, 0.4) is 0 Å². The number of benzene rings is 1. The molecular formula is C13H13IN2O. The number of aromatic nitrogens is 1. The molecule has 0 bridgehead atoms. The zero-order valence-electron chi connectivity index (χ0n) is 9.48. The molecule has 0 radical (unpaired) electrons. The summed E-state index contributed by atoms with van der Waals surface area (Å²) >= 11 is 2.27. The van der Waals surface area contributed by atoms with Gasteiger partial charge in [0.2, 0.25) is 0 Å². The van der Waals surface area contributed by atoms with Gasteiger partial charge < -0.3 is 10.1 Å². The summed E-state index contributed by atoms with van der Waals surface area (Å²) < 4.78 is 6.99. The number of hydrogen-bond acceptors (Lipinski definition) is 3. The van der Waals surface area contributed by atoms with E-state index in [0.29, 0.717) is 0 Å². The van der Waals surface area contributed by atoms with Crippen LogP contribution >= 0.6 is 22.6 Å². The van der Waals surface area contributed by atoms with Gasteiger partial charge in [0.25, 0.3) is 0 Å². The van der Waals surface area contributed by atoms with E-state index in [4.69, 9.17) is 4.74 Å². The molecule has 17 heavy (non-hydrogen) atoms. The van der Waals surface area contributed by atoms with Gasteiger partial charge in [-0.25, -0.2) is 0 Å². The Morgan fingerprint density at radius 1 is 1.35 bits per heavy atom. The molecule has 4 heteroatoms. The first-order valence-electron chi connectivity index (χ1n) is 5.30. The highest BCUT2D eigenvalue weighted by Gasteiger charge is 2.04. The van der Waals surface area contributed by atoms with Gasteiger partial charge in [0, 0.05) is 21.9 Å². The third kappa shape index (κ3) is 3.41. The molecule has 0 aliphatic carbocycles. The van der Waals surface area contributed by atoms with Crippen molar-refractivity contribution in [2.75, 3.05) is 7.05 Å². The molecule has 1 aromatic carbocycles. The molecule has 0 saturated carbocycles. The lowest BCUT2D eigenvalue weighted by atomic mass is 10.2. The fourth-order valence-corrected chi connectivity index (χ4v) is 2.01. The molecule has 2 aromatic rings. The van der Waals surface area contributed by atoms with Gasteiger partial charge in [0.15, 0.2) is 0 Å². The monoisotopic (exact) mass is 340 g/mol. The van der Waals surface area contributed by atoms with Gasteiger partial charge >= 0.3 is 0 Å². The summed E-state index contributed by atoms with van der Waals surface area (Å²) in [5.41, 5.74) is 1.10. The molecule has 0 atom stereocenters. The Morgan fingerprint density at radius 3 is 3.00 bits per heavy atom. The first-order valence-corrected chi connectivity index (χ1v) is 6.38. The highest BCUT2D eigenvalue weighted by molar-refractivity contribution is 14.1. The Balaban J connectivity index is 2.23. The summed E-state index contributed by atoms with van der Waals surface area (Å²) in [6.07, 6.45) is 3.51. The second kappa shape index (κ2) is 5.97. The maximum absolute atomic E-state index is 5.84. The largest absolute Gasteiger partial charge is 0.455 e. The highest BCUT2D eigenvalue weighted by atomic mass is 127. The van der Waals surface area contributed by atoms with Crippen molar-refractivity contribution in [1.29, 1.82) is 0 Å². The lowest BCUT2D eigenvalue weighted by Crippen LogP contribution is -2.06. The molecule has 1 aromatic heterocycles. The minimum atomic E-state index is 0.766. The van der Waals surface area contributed by atoms with Crippen LogP contribution in [0.2, 0.25) is 0 Å². The van der Waals surface area contributed by atoms with Crippen LogP contribution in [-0.2, 0) is 6.54 Å². The molecule has 0 unspecified atom stereocenters. The number of ether oxygens (including phenoxy) is 1. The van der Waals surface area contributed by atoms with Crippen LogP contribution in [0, 0.1) is 3.57 Å². The third-order valence-electron chi connectivity index (χ3n) is 2.26. The van der Waals surface area contributed by atoms with Crippen LogP contribution in [0.15, 0.2) is 42.7 Å². The number of halogens is 1. The van der Waals surface area contributed by atoms with E-state index in [-0.39, 0.29) is 0 Å². The van der Waals surface area contributed by atoms with Crippen LogP contribution in [0.4, 0.5) is 0 Å². The second-order valence-electron chi connectivity index (χ2n) is 3.57. The Labute approximate surface area is 114 Å². The molecule has 0 aliphatic rings. The van der Waals surface area contributed by atoms with Crippen molar-refractivity contribution in [1.82, 2.24) is 10.3 Å². The summed E-state index contributed by atoms with van der Waals surface area (Å²) in [5.74, 6) is 1.63. The van der Waals surface area contributed by atoms with E-state index >= 15 is 0 Å². The second-order valence-corrected chi connectivity index (χ2v) is 4.82. The van der Waals surface area contributed by atoms with Gasteiger partial charge in [-0.1, -0.05) is 6.07 Å². The van der Waals surface area contributed by atoms with Crippen LogP contribution in [0.5, 0.6) is 11.5 Å². The average Bonchev–Trinajstić information content (AvgIpc) is 2.32. The summed E-state index contributed by atoms with van der Waals surface area (Å²) in [6.45, 7) is 0.766. The normalized spacial score (nSPS) is 10.2. The molecule has 0 fully saturated rings. The smallest absolute Gasteiger partial charge is 0.150 e. The third-order valence-corrected chi connectivity index (χ3v) is 2.93. The molecule has 0 spiro atoms. The van der Waals surface area contributed by atoms with Crippen LogP contribution < -0.4 is 10.1 Å². The van der Waals surface area contributed by atoms with Crippen molar-refractivity contribution >= 4 is 22.6 Å². The van der Waals surface area contributed by atoms with Crippen molar-refractivity contribution in [2.45, 2.75) is 6.54 Å². The predicted molar refractivity (Wildman–Crippen MR) is 76.2 cm³/mol. The number of nitrogens with one attached hydrogen (secondary N) is 1. The van der Waals surface area contributed by atoms with Gasteiger partial charge in [-0.2, -0.15) is 0 Å². The zero-order valence-corrected chi connectivity index (χ0v) is 11.6. The van der Waals surface area contributed by atoms with Crippen molar-refractivity contribution in [2.24, 2.45) is 0 Å². The Morgan fingerprint density at radius 2 is 2.24 bits per heavy atom. The Kier molecular flexibility index (Phi) is 4.33. The summed E-state index contributed by atoms with van der Waals surface area (Å²) in [7, 11) is 1.91. The van der Waals surface area contributed by atoms with E-state index in [0.717, 1.165) is 27.2 Å². The summed E-state index contributed by atoms with van der Waals surface area (Å²) in [6, 6.07) is 9.91. The highest BCUT2D eigenvalue weighted by Crippen LogP contribution is 2.25. The molecule has 3 nitrogen and oxygen atoms in total. The lowest BCUT2D eigenvalue weighted by molar-refractivity contribution is 0.471.